The Kier molecular flexibility index (Phi) is 3.84. The molecule has 21 heavy (non-hydrogen) atoms. The van der Waals surface area contributed by atoms with Crippen molar-refractivity contribution in [2.24, 2.45) is 0 Å². The van der Waals surface area contributed by atoms with Gasteiger partial charge in [0.2, 0.25) is 5.75 Å². The summed E-state index contributed by atoms with van der Waals surface area (Å²) in [4.78, 5) is 16.1. The monoisotopic (exact) mass is 306 g/mol. The third-order valence-electron chi connectivity index (χ3n) is 3.55. The van der Waals surface area contributed by atoms with E-state index in [1.165, 1.54) is 29.1 Å². The summed E-state index contributed by atoms with van der Waals surface area (Å²) in [6.07, 6.45) is 3.13. The number of benzene rings is 1. The van der Waals surface area contributed by atoms with Crippen molar-refractivity contribution in [2.45, 2.75) is 19.4 Å². The highest BCUT2D eigenvalue weighted by Gasteiger charge is 2.13. The summed E-state index contributed by atoms with van der Waals surface area (Å²) in [6, 6.07) is 6.14. The summed E-state index contributed by atoms with van der Waals surface area (Å²) >= 11 is 5.82. The van der Waals surface area contributed by atoms with E-state index in [-0.39, 0.29) is 16.5 Å². The number of methoxy groups -OCH3 is 1. The molecule has 0 aliphatic carbocycles. The fourth-order valence-corrected chi connectivity index (χ4v) is 2.63. The molecular formula is C15H15ClN2O3. The number of halogens is 1. The van der Waals surface area contributed by atoms with Crippen LogP contribution in [0.2, 0.25) is 5.15 Å². The normalized spacial score (nSPS) is 12.9. The maximum absolute atomic E-state index is 12.1. The molecule has 1 aromatic carbocycles. The summed E-state index contributed by atoms with van der Waals surface area (Å²) in [5, 5.41) is 0.0911. The van der Waals surface area contributed by atoms with Crippen LogP contribution >= 0.6 is 11.6 Å². The lowest BCUT2D eigenvalue weighted by molar-refractivity contribution is 0.357. The standard InChI is InChI=1S/C15H15ClN2O3/c1-20-13-14(16)17-9-18(15(13)19)6-4-10-2-3-12-11(8-10)5-7-21-12/h2-3,8-9H,4-7H2,1H3. The van der Waals surface area contributed by atoms with Gasteiger partial charge in [-0.25, -0.2) is 4.98 Å². The van der Waals surface area contributed by atoms with Crippen molar-refractivity contribution in [3.8, 4) is 11.5 Å². The van der Waals surface area contributed by atoms with Gasteiger partial charge < -0.3 is 9.47 Å². The SMILES string of the molecule is COc1c(Cl)ncn(CCc2ccc3c(c2)CCO3)c1=O. The zero-order valence-corrected chi connectivity index (χ0v) is 12.4. The van der Waals surface area contributed by atoms with Gasteiger partial charge in [-0.3, -0.25) is 9.36 Å². The van der Waals surface area contributed by atoms with E-state index in [9.17, 15) is 4.79 Å². The molecule has 1 aromatic heterocycles. The van der Waals surface area contributed by atoms with E-state index in [0.29, 0.717) is 6.54 Å². The zero-order chi connectivity index (χ0) is 14.8. The van der Waals surface area contributed by atoms with Crippen LogP contribution in [-0.4, -0.2) is 23.3 Å². The highest BCUT2D eigenvalue weighted by atomic mass is 35.5. The van der Waals surface area contributed by atoms with Crippen molar-refractivity contribution in [1.29, 1.82) is 0 Å². The van der Waals surface area contributed by atoms with Gasteiger partial charge in [0.1, 0.15) is 5.75 Å². The molecule has 5 nitrogen and oxygen atoms in total. The predicted octanol–water partition coefficient (Wildman–Crippen LogP) is 2.08. The maximum Gasteiger partial charge on any atom is 0.297 e. The van der Waals surface area contributed by atoms with Crippen molar-refractivity contribution in [1.82, 2.24) is 9.55 Å². The highest BCUT2D eigenvalue weighted by molar-refractivity contribution is 6.30. The van der Waals surface area contributed by atoms with Gasteiger partial charge in [0.15, 0.2) is 5.15 Å². The summed E-state index contributed by atoms with van der Waals surface area (Å²) < 4.78 is 12.0. The number of hydrogen-bond acceptors (Lipinski definition) is 4. The summed E-state index contributed by atoms with van der Waals surface area (Å²) in [7, 11) is 1.41. The van der Waals surface area contributed by atoms with E-state index in [2.05, 4.69) is 11.1 Å². The Bertz CT molecular complexity index is 727. The Morgan fingerprint density at radius 2 is 2.33 bits per heavy atom. The average molecular weight is 307 g/mol. The van der Waals surface area contributed by atoms with Crippen LogP contribution in [0, 0.1) is 0 Å². The van der Waals surface area contributed by atoms with Crippen LogP contribution in [0.25, 0.3) is 0 Å². The van der Waals surface area contributed by atoms with Gasteiger partial charge >= 0.3 is 0 Å². The van der Waals surface area contributed by atoms with Crippen molar-refractivity contribution < 1.29 is 9.47 Å². The van der Waals surface area contributed by atoms with Crippen LogP contribution in [-0.2, 0) is 19.4 Å². The van der Waals surface area contributed by atoms with Gasteiger partial charge in [0.05, 0.1) is 20.0 Å². The lowest BCUT2D eigenvalue weighted by atomic mass is 10.1. The molecule has 0 radical (unpaired) electrons. The number of fused-ring (bicyclic) bond motifs is 1. The molecule has 6 heteroatoms. The summed E-state index contributed by atoms with van der Waals surface area (Å²) in [5.41, 5.74) is 2.13. The first-order chi connectivity index (χ1) is 10.2. The molecule has 0 atom stereocenters. The van der Waals surface area contributed by atoms with Crippen molar-refractivity contribution in [3.63, 3.8) is 0 Å². The first-order valence-electron chi connectivity index (χ1n) is 6.72. The molecule has 0 amide bonds. The van der Waals surface area contributed by atoms with Crippen LogP contribution in [0.5, 0.6) is 11.5 Å². The van der Waals surface area contributed by atoms with Gasteiger partial charge in [-0.15, -0.1) is 0 Å². The number of hydrogen-bond donors (Lipinski definition) is 0. The Morgan fingerprint density at radius 3 is 3.14 bits per heavy atom. The third-order valence-corrected chi connectivity index (χ3v) is 3.82. The van der Waals surface area contributed by atoms with Crippen molar-refractivity contribution >= 4 is 11.6 Å². The molecule has 0 spiro atoms. The van der Waals surface area contributed by atoms with Gasteiger partial charge in [-0.1, -0.05) is 23.7 Å². The zero-order valence-electron chi connectivity index (χ0n) is 11.6. The van der Waals surface area contributed by atoms with E-state index in [4.69, 9.17) is 21.1 Å². The average Bonchev–Trinajstić information content (AvgIpc) is 2.94. The molecule has 110 valence electrons. The molecule has 3 rings (SSSR count). The minimum Gasteiger partial charge on any atom is -0.493 e. The smallest absolute Gasteiger partial charge is 0.297 e. The molecular weight excluding hydrogens is 292 g/mol. The minimum absolute atomic E-state index is 0.0847. The third kappa shape index (κ3) is 2.74. The molecule has 2 heterocycles. The first kappa shape index (κ1) is 13.9. The maximum atomic E-state index is 12.1. The molecule has 0 N–H and O–H groups in total. The largest absolute Gasteiger partial charge is 0.493 e. The number of rotatable bonds is 4. The molecule has 0 saturated heterocycles. The van der Waals surface area contributed by atoms with Crippen LogP contribution in [0.4, 0.5) is 0 Å². The fraction of sp³-hybridized carbons (Fsp3) is 0.333. The Morgan fingerprint density at radius 1 is 1.48 bits per heavy atom. The van der Waals surface area contributed by atoms with E-state index < -0.39 is 0 Å². The topological polar surface area (TPSA) is 53.4 Å². The van der Waals surface area contributed by atoms with Crippen molar-refractivity contribution in [2.75, 3.05) is 13.7 Å². The second kappa shape index (κ2) is 5.77. The fourth-order valence-electron chi connectivity index (χ4n) is 2.43. The quantitative estimate of drug-likeness (QED) is 0.812. The molecule has 0 unspecified atom stereocenters. The number of aromatic nitrogens is 2. The molecule has 1 aliphatic heterocycles. The number of aryl methyl sites for hydroxylation is 2. The van der Waals surface area contributed by atoms with E-state index in [1.807, 2.05) is 12.1 Å². The van der Waals surface area contributed by atoms with Crippen LogP contribution < -0.4 is 15.0 Å². The Labute approximate surface area is 127 Å². The van der Waals surface area contributed by atoms with Gasteiger partial charge in [-0.05, 0) is 23.6 Å². The highest BCUT2D eigenvalue weighted by Crippen LogP contribution is 2.26. The first-order valence-corrected chi connectivity index (χ1v) is 7.10. The van der Waals surface area contributed by atoms with Gasteiger partial charge in [0, 0.05) is 13.0 Å². The van der Waals surface area contributed by atoms with Gasteiger partial charge in [0.25, 0.3) is 5.56 Å². The second-order valence-corrected chi connectivity index (χ2v) is 5.22. The molecule has 0 saturated carbocycles. The van der Waals surface area contributed by atoms with E-state index in [0.717, 1.165) is 25.2 Å². The van der Waals surface area contributed by atoms with Crippen molar-refractivity contribution in [3.05, 3.63) is 51.2 Å². The van der Waals surface area contributed by atoms with Crippen LogP contribution in [0.1, 0.15) is 11.1 Å². The molecule has 0 bridgehead atoms. The summed E-state index contributed by atoms with van der Waals surface area (Å²) in [6.45, 7) is 1.27. The van der Waals surface area contributed by atoms with Gasteiger partial charge in [-0.2, -0.15) is 0 Å². The number of nitrogens with zero attached hydrogens (tertiary/aromatic N) is 2. The minimum atomic E-state index is -0.262. The van der Waals surface area contributed by atoms with E-state index in [1.54, 1.807) is 0 Å². The predicted molar refractivity (Wildman–Crippen MR) is 79.4 cm³/mol. The lowest BCUT2D eigenvalue weighted by Gasteiger charge is -2.09. The summed E-state index contributed by atoms with van der Waals surface area (Å²) in [5.74, 6) is 1.05. The number of ether oxygens (including phenoxy) is 2. The Hall–Kier alpha value is -2.01. The second-order valence-electron chi connectivity index (χ2n) is 4.86. The lowest BCUT2D eigenvalue weighted by Crippen LogP contribution is -2.23. The Balaban J connectivity index is 1.78. The van der Waals surface area contributed by atoms with Crippen LogP contribution in [0.3, 0.4) is 0 Å². The molecule has 1 aliphatic rings. The van der Waals surface area contributed by atoms with E-state index >= 15 is 0 Å². The molecule has 2 aromatic rings. The van der Waals surface area contributed by atoms with Crippen LogP contribution in [0.15, 0.2) is 29.3 Å². The molecule has 0 fully saturated rings.